The fourth-order valence-corrected chi connectivity index (χ4v) is 4.90. The Labute approximate surface area is 170 Å². The lowest BCUT2D eigenvalue weighted by atomic mass is 9.94. The Kier molecular flexibility index (Phi) is 4.97. The molecule has 29 heavy (non-hydrogen) atoms. The SMILES string of the molecule is CC1CN(Cc2cccnc2)CC1C1NC(=O)c2cnc(C3CCOCC3)n2N1. The van der Waals surface area contributed by atoms with Crippen LogP contribution in [-0.2, 0) is 11.3 Å². The van der Waals surface area contributed by atoms with Crippen LogP contribution in [0.1, 0.15) is 47.6 Å². The second-order valence-electron chi connectivity index (χ2n) is 8.50. The first-order chi connectivity index (χ1) is 14.2. The maximum Gasteiger partial charge on any atom is 0.273 e. The molecule has 2 N–H and O–H groups in total. The van der Waals surface area contributed by atoms with Crippen LogP contribution in [0.15, 0.2) is 30.7 Å². The number of hydrogen-bond donors (Lipinski definition) is 2. The monoisotopic (exact) mass is 396 g/mol. The molecule has 2 saturated heterocycles. The molecule has 0 aliphatic carbocycles. The molecule has 2 fully saturated rings. The number of ether oxygens (including phenoxy) is 1. The quantitative estimate of drug-likeness (QED) is 0.816. The molecule has 3 atom stereocenters. The molecule has 8 heteroatoms. The second-order valence-corrected chi connectivity index (χ2v) is 8.50. The van der Waals surface area contributed by atoms with Crippen LogP contribution in [0, 0.1) is 11.8 Å². The standard InChI is InChI=1S/C21H28N6O2/c1-14-11-26(12-15-3-2-6-22-9-15)13-17(14)19-24-21(28)18-10-23-20(27(18)25-19)16-4-7-29-8-5-16/h2-3,6,9-10,14,16-17,19,25H,4-5,7-8,11-13H2,1H3,(H,24,28). The van der Waals surface area contributed by atoms with Gasteiger partial charge >= 0.3 is 0 Å². The number of imidazole rings is 1. The zero-order valence-electron chi connectivity index (χ0n) is 16.8. The van der Waals surface area contributed by atoms with Crippen LogP contribution in [0.25, 0.3) is 0 Å². The van der Waals surface area contributed by atoms with E-state index in [1.807, 2.05) is 16.9 Å². The molecule has 5 rings (SSSR count). The van der Waals surface area contributed by atoms with Crippen molar-refractivity contribution in [3.8, 4) is 0 Å². The van der Waals surface area contributed by atoms with Crippen molar-refractivity contribution in [3.05, 3.63) is 47.8 Å². The summed E-state index contributed by atoms with van der Waals surface area (Å²) in [4.78, 5) is 24.0. The highest BCUT2D eigenvalue weighted by Crippen LogP contribution is 2.31. The third-order valence-corrected chi connectivity index (χ3v) is 6.47. The number of nitrogens with zero attached hydrogens (tertiary/aromatic N) is 4. The van der Waals surface area contributed by atoms with Crippen LogP contribution in [0.5, 0.6) is 0 Å². The number of carbonyl (C=O) groups excluding carboxylic acids is 1. The van der Waals surface area contributed by atoms with Gasteiger partial charge < -0.3 is 15.5 Å². The number of amides is 1. The number of hydrogen-bond acceptors (Lipinski definition) is 6. The largest absolute Gasteiger partial charge is 0.381 e. The molecular formula is C21H28N6O2. The molecule has 0 saturated carbocycles. The lowest BCUT2D eigenvalue weighted by molar-refractivity contribution is 0.0818. The second kappa shape index (κ2) is 7.76. The van der Waals surface area contributed by atoms with Crippen LogP contribution in [0.3, 0.4) is 0 Å². The van der Waals surface area contributed by atoms with Gasteiger partial charge in [-0.2, -0.15) is 0 Å². The van der Waals surface area contributed by atoms with Crippen molar-refractivity contribution < 1.29 is 9.53 Å². The molecule has 2 aromatic heterocycles. The summed E-state index contributed by atoms with van der Waals surface area (Å²) in [5.74, 6) is 2.05. The van der Waals surface area contributed by atoms with E-state index in [-0.39, 0.29) is 12.1 Å². The Hall–Kier alpha value is -2.45. The van der Waals surface area contributed by atoms with Gasteiger partial charge in [-0.05, 0) is 30.4 Å². The summed E-state index contributed by atoms with van der Waals surface area (Å²) >= 11 is 0. The number of nitrogens with one attached hydrogen (secondary N) is 2. The van der Waals surface area contributed by atoms with E-state index in [1.54, 1.807) is 12.4 Å². The van der Waals surface area contributed by atoms with E-state index in [1.165, 1.54) is 5.56 Å². The van der Waals surface area contributed by atoms with E-state index in [0.29, 0.717) is 23.4 Å². The Morgan fingerprint density at radius 3 is 2.90 bits per heavy atom. The summed E-state index contributed by atoms with van der Waals surface area (Å²) in [5, 5.41) is 3.17. The van der Waals surface area contributed by atoms with Gasteiger partial charge in [0.1, 0.15) is 17.7 Å². The first kappa shape index (κ1) is 18.6. The lowest BCUT2D eigenvalue weighted by Gasteiger charge is -2.35. The summed E-state index contributed by atoms with van der Waals surface area (Å²) in [6, 6.07) is 4.09. The van der Waals surface area contributed by atoms with Gasteiger partial charge in [0.15, 0.2) is 0 Å². The molecule has 1 amide bonds. The van der Waals surface area contributed by atoms with Gasteiger partial charge in [-0.25, -0.2) is 9.66 Å². The van der Waals surface area contributed by atoms with E-state index >= 15 is 0 Å². The van der Waals surface area contributed by atoms with Crippen LogP contribution < -0.4 is 10.7 Å². The Balaban J connectivity index is 1.31. The first-order valence-electron chi connectivity index (χ1n) is 10.5. The normalized spacial score (nSPS) is 28.0. The molecule has 154 valence electrons. The maximum absolute atomic E-state index is 12.8. The number of likely N-dealkylation sites (tertiary alicyclic amines) is 1. The summed E-state index contributed by atoms with van der Waals surface area (Å²) < 4.78 is 7.43. The molecule has 0 aromatic carbocycles. The molecule has 3 aliphatic heterocycles. The minimum absolute atomic E-state index is 0.0440. The minimum Gasteiger partial charge on any atom is -0.381 e. The topological polar surface area (TPSA) is 84.3 Å². The zero-order valence-corrected chi connectivity index (χ0v) is 16.8. The fourth-order valence-electron chi connectivity index (χ4n) is 4.90. The van der Waals surface area contributed by atoms with Crippen LogP contribution >= 0.6 is 0 Å². The smallest absolute Gasteiger partial charge is 0.273 e. The molecule has 3 aliphatic rings. The van der Waals surface area contributed by atoms with E-state index in [9.17, 15) is 4.79 Å². The molecule has 2 aromatic rings. The van der Waals surface area contributed by atoms with Gasteiger partial charge in [-0.1, -0.05) is 13.0 Å². The fraction of sp³-hybridized carbons (Fsp3) is 0.571. The number of rotatable bonds is 4. The van der Waals surface area contributed by atoms with Gasteiger partial charge in [0.25, 0.3) is 5.91 Å². The molecule has 0 radical (unpaired) electrons. The number of pyridine rings is 1. The van der Waals surface area contributed by atoms with Crippen molar-refractivity contribution >= 4 is 5.91 Å². The third kappa shape index (κ3) is 3.62. The zero-order chi connectivity index (χ0) is 19.8. The van der Waals surface area contributed by atoms with Gasteiger partial charge in [-0.3, -0.25) is 14.7 Å². The van der Waals surface area contributed by atoms with Crippen LogP contribution in [0.2, 0.25) is 0 Å². The number of fused-ring (bicyclic) bond motifs is 1. The van der Waals surface area contributed by atoms with E-state index in [4.69, 9.17) is 4.74 Å². The van der Waals surface area contributed by atoms with E-state index in [0.717, 1.165) is 51.5 Å². The van der Waals surface area contributed by atoms with Gasteiger partial charge in [0.05, 0.1) is 6.20 Å². The number of aromatic nitrogens is 3. The number of carbonyl (C=O) groups is 1. The van der Waals surface area contributed by atoms with Crippen molar-refractivity contribution in [1.82, 2.24) is 24.9 Å². The Morgan fingerprint density at radius 2 is 2.10 bits per heavy atom. The molecule has 5 heterocycles. The summed E-state index contributed by atoms with van der Waals surface area (Å²) in [6.07, 6.45) is 7.22. The average molecular weight is 396 g/mol. The summed E-state index contributed by atoms with van der Waals surface area (Å²) in [6.45, 7) is 6.61. The van der Waals surface area contributed by atoms with Crippen molar-refractivity contribution in [3.63, 3.8) is 0 Å². The molecule has 0 spiro atoms. The van der Waals surface area contributed by atoms with Gasteiger partial charge in [0, 0.05) is 57.1 Å². The van der Waals surface area contributed by atoms with Gasteiger partial charge in [-0.15, -0.1) is 0 Å². The Bertz CT molecular complexity index is 863. The highest BCUT2D eigenvalue weighted by molar-refractivity contribution is 5.93. The van der Waals surface area contributed by atoms with Crippen LogP contribution in [0.4, 0.5) is 0 Å². The lowest BCUT2D eigenvalue weighted by Crippen LogP contribution is -2.55. The molecule has 8 nitrogen and oxygen atoms in total. The highest BCUT2D eigenvalue weighted by atomic mass is 16.5. The predicted octanol–water partition coefficient (Wildman–Crippen LogP) is 1.55. The van der Waals surface area contributed by atoms with Crippen molar-refractivity contribution in [1.29, 1.82) is 0 Å². The summed E-state index contributed by atoms with van der Waals surface area (Å²) in [7, 11) is 0. The average Bonchev–Trinajstić information content (AvgIpc) is 3.33. The predicted molar refractivity (Wildman–Crippen MR) is 108 cm³/mol. The highest BCUT2D eigenvalue weighted by Gasteiger charge is 2.40. The van der Waals surface area contributed by atoms with Crippen molar-refractivity contribution in [2.45, 2.75) is 38.4 Å². The van der Waals surface area contributed by atoms with Gasteiger partial charge in [0.2, 0.25) is 0 Å². The van der Waals surface area contributed by atoms with E-state index in [2.05, 4.69) is 38.6 Å². The molecular weight excluding hydrogens is 368 g/mol. The van der Waals surface area contributed by atoms with E-state index < -0.39 is 0 Å². The minimum atomic E-state index is -0.100. The third-order valence-electron chi connectivity index (χ3n) is 6.47. The van der Waals surface area contributed by atoms with Crippen LogP contribution in [-0.4, -0.2) is 57.9 Å². The first-order valence-corrected chi connectivity index (χ1v) is 10.5. The summed E-state index contributed by atoms with van der Waals surface area (Å²) in [5.41, 5.74) is 5.39. The maximum atomic E-state index is 12.8. The molecule has 3 unspecified atom stereocenters. The van der Waals surface area contributed by atoms with Crippen molar-refractivity contribution in [2.75, 3.05) is 31.7 Å². The Morgan fingerprint density at radius 1 is 1.24 bits per heavy atom. The molecule has 0 bridgehead atoms. The van der Waals surface area contributed by atoms with Crippen molar-refractivity contribution in [2.24, 2.45) is 11.8 Å².